The Kier molecular flexibility index (Phi) is 6.43. The Morgan fingerprint density at radius 3 is 2.14 bits per heavy atom. The predicted octanol–water partition coefficient (Wildman–Crippen LogP) is 5.60. The first-order valence-corrected chi connectivity index (χ1v) is 14.3. The third kappa shape index (κ3) is 3.98. The number of Topliss-reactive ketones (excluding diaryl/α,β-unsaturated/α-hetero) is 2. The number of nitrogens with one attached hydrogen (secondary N) is 1. The van der Waals surface area contributed by atoms with Gasteiger partial charge < -0.3 is 19.7 Å². The lowest BCUT2D eigenvalue weighted by Gasteiger charge is -2.38. The molecule has 1 spiro atoms. The number of rotatable bonds is 6. The topological polar surface area (TPSA) is 102 Å². The Morgan fingerprint density at radius 2 is 1.43 bits per heavy atom. The lowest BCUT2D eigenvalue weighted by atomic mass is 9.62. The molecule has 1 saturated heterocycles. The van der Waals surface area contributed by atoms with Gasteiger partial charge in [0.1, 0.15) is 23.0 Å². The number of carbonyl (C=O) groups excluding carboxylic acids is 4. The van der Waals surface area contributed by atoms with E-state index in [-0.39, 0.29) is 17.5 Å². The summed E-state index contributed by atoms with van der Waals surface area (Å²) in [5.74, 6) is -1.66. The zero-order valence-electron chi connectivity index (χ0n) is 24.0. The van der Waals surface area contributed by atoms with Crippen molar-refractivity contribution in [2.45, 2.75) is 24.4 Å². The highest BCUT2D eigenvalue weighted by molar-refractivity contribution is 6.16. The number of ketones is 2. The zero-order valence-corrected chi connectivity index (χ0v) is 24.0. The van der Waals surface area contributed by atoms with E-state index in [1.165, 1.54) is 6.92 Å². The number of anilines is 1. The number of para-hydroxylation sites is 1. The number of carbonyl (C=O) groups is 4. The van der Waals surface area contributed by atoms with Crippen molar-refractivity contribution >= 4 is 35.2 Å². The molecule has 3 aliphatic heterocycles. The van der Waals surface area contributed by atoms with Gasteiger partial charge in [-0.1, -0.05) is 42.5 Å². The molecule has 0 aliphatic carbocycles. The predicted molar refractivity (Wildman–Crippen MR) is 163 cm³/mol. The van der Waals surface area contributed by atoms with Gasteiger partial charge in [-0.15, -0.1) is 0 Å². The molecule has 3 aliphatic rings. The van der Waals surface area contributed by atoms with Crippen LogP contribution in [0.3, 0.4) is 0 Å². The summed E-state index contributed by atoms with van der Waals surface area (Å²) in [6.45, 7) is 1.30. The standard InChI is InChI=1S/C36H28N2O6/c1-21(39)44-26-17-13-24(14-18-26)33(41)31-30(32(40)23-11-15-25(43-2)16-12-23)36(28-9-5-6-10-29(28)37-35(36)42)34-27-8-4-3-7-22(27)19-20-38(31)34/h3-20,30-31,34H,1-2H3,(H,37,42)/t30-,31+,34+,36+/m0/s1. The van der Waals surface area contributed by atoms with E-state index in [4.69, 9.17) is 9.47 Å². The molecule has 0 unspecified atom stereocenters. The maximum absolute atomic E-state index is 14.9. The molecule has 0 radical (unpaired) electrons. The molecule has 1 N–H and O–H groups in total. The third-order valence-electron chi connectivity index (χ3n) is 8.90. The van der Waals surface area contributed by atoms with Crippen molar-refractivity contribution in [1.82, 2.24) is 4.90 Å². The lowest BCUT2D eigenvalue weighted by Crippen LogP contribution is -2.49. The summed E-state index contributed by atoms with van der Waals surface area (Å²) in [5, 5.41) is 3.05. The Hall–Kier alpha value is -5.50. The van der Waals surface area contributed by atoms with Gasteiger partial charge in [0.05, 0.1) is 19.1 Å². The molecule has 4 atom stereocenters. The second kappa shape index (κ2) is 10.3. The van der Waals surface area contributed by atoms with Gasteiger partial charge in [-0.2, -0.15) is 0 Å². The first-order valence-electron chi connectivity index (χ1n) is 14.3. The van der Waals surface area contributed by atoms with Crippen molar-refractivity contribution in [2.75, 3.05) is 12.4 Å². The van der Waals surface area contributed by atoms with Crippen LogP contribution in [0.4, 0.5) is 5.69 Å². The zero-order chi connectivity index (χ0) is 30.6. The van der Waals surface area contributed by atoms with Gasteiger partial charge in [0.15, 0.2) is 11.6 Å². The smallest absolute Gasteiger partial charge is 0.308 e. The van der Waals surface area contributed by atoms with Crippen LogP contribution < -0.4 is 14.8 Å². The van der Waals surface area contributed by atoms with E-state index in [0.717, 1.165) is 11.1 Å². The highest BCUT2D eigenvalue weighted by Crippen LogP contribution is 2.62. The molecule has 7 rings (SSSR count). The quantitative estimate of drug-likeness (QED) is 0.179. The summed E-state index contributed by atoms with van der Waals surface area (Å²) in [4.78, 5) is 57.4. The molecule has 1 amide bonds. The van der Waals surface area contributed by atoms with Gasteiger partial charge in [0, 0.05) is 29.9 Å². The summed E-state index contributed by atoms with van der Waals surface area (Å²) < 4.78 is 10.5. The van der Waals surface area contributed by atoms with Gasteiger partial charge in [0.25, 0.3) is 0 Å². The summed E-state index contributed by atoms with van der Waals surface area (Å²) in [6.07, 6.45) is 3.75. The van der Waals surface area contributed by atoms with Crippen molar-refractivity contribution in [2.24, 2.45) is 5.92 Å². The van der Waals surface area contributed by atoms with E-state index in [1.807, 2.05) is 65.7 Å². The van der Waals surface area contributed by atoms with Crippen LogP contribution in [0, 0.1) is 5.92 Å². The number of methoxy groups -OCH3 is 1. The third-order valence-corrected chi connectivity index (χ3v) is 8.90. The monoisotopic (exact) mass is 584 g/mol. The van der Waals surface area contributed by atoms with Crippen molar-refractivity contribution in [3.63, 3.8) is 0 Å². The van der Waals surface area contributed by atoms with Crippen LogP contribution in [0.5, 0.6) is 11.5 Å². The highest BCUT2D eigenvalue weighted by atomic mass is 16.5. The molecule has 0 aromatic heterocycles. The molecular weight excluding hydrogens is 556 g/mol. The Balaban J connectivity index is 1.47. The fraction of sp³-hybridized carbons (Fsp3) is 0.167. The number of benzene rings is 4. The summed E-state index contributed by atoms with van der Waals surface area (Å²) in [6, 6.07) is 26.5. The van der Waals surface area contributed by atoms with Crippen molar-refractivity contribution in [3.8, 4) is 11.5 Å². The molecule has 1 fully saturated rings. The molecule has 3 heterocycles. The first kappa shape index (κ1) is 27.3. The van der Waals surface area contributed by atoms with E-state index in [9.17, 15) is 19.2 Å². The molecule has 8 heteroatoms. The molecule has 0 bridgehead atoms. The number of amides is 1. The molecule has 44 heavy (non-hydrogen) atoms. The van der Waals surface area contributed by atoms with Crippen LogP contribution in [0.25, 0.3) is 6.08 Å². The van der Waals surface area contributed by atoms with Crippen LogP contribution in [0.15, 0.2) is 103 Å². The van der Waals surface area contributed by atoms with E-state index >= 15 is 0 Å². The number of hydrogen-bond acceptors (Lipinski definition) is 7. The largest absolute Gasteiger partial charge is 0.497 e. The van der Waals surface area contributed by atoms with Crippen LogP contribution in [-0.4, -0.2) is 41.5 Å². The second-order valence-corrected chi connectivity index (χ2v) is 11.2. The average Bonchev–Trinajstić information content (AvgIpc) is 3.52. The van der Waals surface area contributed by atoms with Gasteiger partial charge in [-0.05, 0) is 77.4 Å². The Morgan fingerprint density at radius 1 is 0.795 bits per heavy atom. The molecule has 0 saturated carbocycles. The van der Waals surface area contributed by atoms with Gasteiger partial charge in [0.2, 0.25) is 5.91 Å². The number of esters is 1. The highest BCUT2D eigenvalue weighted by Gasteiger charge is 2.70. The molecule has 8 nitrogen and oxygen atoms in total. The summed E-state index contributed by atoms with van der Waals surface area (Å²) in [5.41, 5.74) is 2.34. The fourth-order valence-electron chi connectivity index (χ4n) is 7.13. The Labute approximate surface area is 253 Å². The van der Waals surface area contributed by atoms with E-state index in [0.29, 0.717) is 33.9 Å². The minimum absolute atomic E-state index is 0.302. The molecular formula is C36H28N2O6. The number of ether oxygens (including phenoxy) is 2. The van der Waals surface area contributed by atoms with Crippen molar-refractivity contribution in [1.29, 1.82) is 0 Å². The fourth-order valence-corrected chi connectivity index (χ4v) is 7.13. The van der Waals surface area contributed by atoms with E-state index in [1.54, 1.807) is 55.6 Å². The molecule has 4 aromatic rings. The van der Waals surface area contributed by atoms with Crippen molar-refractivity contribution in [3.05, 3.63) is 131 Å². The van der Waals surface area contributed by atoms with Crippen LogP contribution in [-0.2, 0) is 15.0 Å². The normalized spacial score (nSPS) is 22.5. The SMILES string of the molecule is COc1ccc(C(=O)[C@@H]2[C@H](C(=O)c3ccc(OC(C)=O)cc3)N3C=Cc4ccccc4[C@@H]3[C@]23C(=O)Nc2ccccc23)cc1. The number of hydrogen-bond donors (Lipinski definition) is 1. The Bertz CT molecular complexity index is 1860. The molecule has 218 valence electrons. The van der Waals surface area contributed by atoms with Gasteiger partial charge in [-0.3, -0.25) is 19.2 Å². The summed E-state index contributed by atoms with van der Waals surface area (Å²) >= 11 is 0. The second-order valence-electron chi connectivity index (χ2n) is 11.2. The lowest BCUT2D eigenvalue weighted by molar-refractivity contribution is -0.131. The minimum atomic E-state index is -1.42. The van der Waals surface area contributed by atoms with Crippen LogP contribution in [0.2, 0.25) is 0 Å². The molecule has 4 aromatic carbocycles. The minimum Gasteiger partial charge on any atom is -0.497 e. The van der Waals surface area contributed by atoms with Crippen molar-refractivity contribution < 1.29 is 28.7 Å². The summed E-state index contributed by atoms with van der Waals surface area (Å²) in [7, 11) is 1.55. The maximum atomic E-state index is 14.9. The number of nitrogens with zero attached hydrogens (tertiary/aromatic N) is 1. The average molecular weight is 585 g/mol. The van der Waals surface area contributed by atoms with Crippen LogP contribution >= 0.6 is 0 Å². The van der Waals surface area contributed by atoms with Crippen LogP contribution in [0.1, 0.15) is 50.4 Å². The maximum Gasteiger partial charge on any atom is 0.308 e. The van der Waals surface area contributed by atoms with E-state index in [2.05, 4.69) is 5.32 Å². The van der Waals surface area contributed by atoms with E-state index < -0.39 is 29.4 Å². The first-order chi connectivity index (χ1) is 21.3. The number of fused-ring (bicyclic) bond motifs is 6. The van der Waals surface area contributed by atoms with Gasteiger partial charge >= 0.3 is 5.97 Å². The van der Waals surface area contributed by atoms with Gasteiger partial charge in [-0.25, -0.2) is 0 Å².